The van der Waals surface area contributed by atoms with E-state index in [1.807, 2.05) is 0 Å². The van der Waals surface area contributed by atoms with Gasteiger partial charge in [0.1, 0.15) is 0 Å². The molecule has 0 atom stereocenters. The Morgan fingerprint density at radius 3 is 1.00 bits per heavy atom. The first-order chi connectivity index (χ1) is 10.6. The van der Waals surface area contributed by atoms with Gasteiger partial charge in [-0.05, 0) is 12.8 Å². The maximum absolute atomic E-state index is 2.30. The first-order valence-corrected chi connectivity index (χ1v) is 10.4. The molecule has 144 valence electrons. The van der Waals surface area contributed by atoms with E-state index in [0.29, 0.717) is 0 Å². The molecule has 0 amide bonds. The van der Waals surface area contributed by atoms with Crippen LogP contribution in [0.4, 0.5) is 0 Å². The second kappa shape index (κ2) is 22.3. The number of nitrogens with zero attached hydrogens (tertiary/aromatic N) is 1. The van der Waals surface area contributed by atoms with E-state index in [0.717, 1.165) is 4.48 Å². The third-order valence-corrected chi connectivity index (χ3v) is 4.68. The summed E-state index contributed by atoms with van der Waals surface area (Å²) >= 11 is 0. The Morgan fingerprint density at radius 1 is 0.500 bits per heavy atom. The maximum Gasteiger partial charge on any atom is 1.00 e. The topological polar surface area (TPSA) is 0 Å². The molecule has 0 saturated carbocycles. The van der Waals surface area contributed by atoms with Gasteiger partial charge in [0.2, 0.25) is 0 Å². The van der Waals surface area contributed by atoms with E-state index in [4.69, 9.17) is 0 Å². The van der Waals surface area contributed by atoms with E-state index in [9.17, 15) is 0 Å². The van der Waals surface area contributed by atoms with Crippen molar-refractivity contribution in [3.05, 3.63) is 0 Å². The van der Waals surface area contributed by atoms with Crippen LogP contribution in [-0.4, -0.2) is 32.2 Å². The van der Waals surface area contributed by atoms with Gasteiger partial charge < -0.3 is 5.91 Å². The molecule has 1 nitrogen and oxygen atoms in total. The van der Waals surface area contributed by atoms with Crippen molar-refractivity contribution in [3.63, 3.8) is 0 Å². The monoisotopic (exact) mass is 372 g/mol. The fourth-order valence-electron chi connectivity index (χ4n) is 3.13. The van der Waals surface area contributed by atoms with Gasteiger partial charge in [-0.25, -0.2) is 0 Å². The number of quaternary nitrogens is 1. The normalized spacial score (nSPS) is 11.0. The number of hydrogen-bond donors (Lipinski definition) is 0. The molecule has 0 unspecified atom stereocenters. The van der Waals surface area contributed by atoms with Gasteiger partial charge in [0, 0.05) is 0 Å². The van der Waals surface area contributed by atoms with Crippen LogP contribution in [0.5, 0.6) is 0 Å². The van der Waals surface area contributed by atoms with Crippen LogP contribution in [0.2, 0.25) is 0 Å². The number of rotatable bonds is 17. The van der Waals surface area contributed by atoms with Crippen LogP contribution in [0.3, 0.4) is 0 Å². The number of hydrogen-bond acceptors (Lipinski definition) is 0. The van der Waals surface area contributed by atoms with Gasteiger partial charge in [0.05, 0.1) is 27.7 Å². The van der Waals surface area contributed by atoms with E-state index in [1.165, 1.54) is 109 Å². The van der Waals surface area contributed by atoms with E-state index in [-0.39, 0.29) is 43.4 Å². The first-order valence-electron chi connectivity index (χ1n) is 10.4. The molecule has 0 heterocycles. The molecular formula is C21H48ClNNa+. The molecule has 24 heavy (non-hydrogen) atoms. The van der Waals surface area contributed by atoms with Gasteiger partial charge in [-0.3, -0.25) is 0 Å². The number of unbranched alkanes of at least 4 members (excludes halogenated alkanes) is 15. The first kappa shape index (κ1) is 30.0. The summed E-state index contributed by atoms with van der Waals surface area (Å²) in [5.74, 6) is 0. The SMILES string of the molecule is CCCCCCCCCCCCCCCCCC[N+](C)(C)C.Cl.[H-].[Na+]. The van der Waals surface area contributed by atoms with Crippen molar-refractivity contribution in [1.29, 1.82) is 0 Å². The van der Waals surface area contributed by atoms with Crippen molar-refractivity contribution in [2.24, 2.45) is 0 Å². The summed E-state index contributed by atoms with van der Waals surface area (Å²) in [6, 6.07) is 0. The summed E-state index contributed by atoms with van der Waals surface area (Å²) in [6.45, 7) is 3.63. The summed E-state index contributed by atoms with van der Waals surface area (Å²) in [6.07, 6.45) is 23.4. The Bertz CT molecular complexity index is 222. The average Bonchev–Trinajstić information content (AvgIpc) is 2.45. The van der Waals surface area contributed by atoms with E-state index >= 15 is 0 Å². The minimum Gasteiger partial charge on any atom is -1.00 e. The largest absolute Gasteiger partial charge is 1.00 e. The van der Waals surface area contributed by atoms with Crippen molar-refractivity contribution in [2.45, 2.75) is 110 Å². The molecule has 0 aliphatic carbocycles. The minimum atomic E-state index is 0. The third-order valence-electron chi connectivity index (χ3n) is 4.68. The molecule has 0 aromatic carbocycles. The molecule has 0 spiro atoms. The summed E-state index contributed by atoms with van der Waals surface area (Å²) in [5, 5.41) is 0. The Labute approximate surface area is 184 Å². The molecule has 0 saturated heterocycles. The van der Waals surface area contributed by atoms with E-state index in [2.05, 4.69) is 28.1 Å². The van der Waals surface area contributed by atoms with Crippen LogP contribution in [0, 0.1) is 0 Å². The van der Waals surface area contributed by atoms with Gasteiger partial charge in [-0.2, -0.15) is 0 Å². The third kappa shape index (κ3) is 28.1. The van der Waals surface area contributed by atoms with Gasteiger partial charge >= 0.3 is 29.6 Å². The zero-order chi connectivity index (χ0) is 16.5. The summed E-state index contributed by atoms with van der Waals surface area (Å²) in [5.41, 5.74) is 0. The quantitative estimate of drug-likeness (QED) is 0.200. The summed E-state index contributed by atoms with van der Waals surface area (Å²) in [4.78, 5) is 0. The molecule has 0 aliphatic heterocycles. The van der Waals surface area contributed by atoms with E-state index < -0.39 is 0 Å². The predicted molar refractivity (Wildman–Crippen MR) is 111 cm³/mol. The second-order valence-electron chi connectivity index (χ2n) is 8.32. The van der Waals surface area contributed by atoms with Crippen molar-refractivity contribution in [3.8, 4) is 0 Å². The van der Waals surface area contributed by atoms with Gasteiger partial charge in [0.25, 0.3) is 0 Å². The van der Waals surface area contributed by atoms with Gasteiger partial charge in [0.15, 0.2) is 0 Å². The fraction of sp³-hybridized carbons (Fsp3) is 1.00. The van der Waals surface area contributed by atoms with Crippen molar-refractivity contribution >= 4 is 12.4 Å². The molecule has 0 aliphatic rings. The molecule has 0 radical (unpaired) electrons. The molecular weight excluding hydrogens is 325 g/mol. The maximum atomic E-state index is 2.30. The van der Waals surface area contributed by atoms with Gasteiger partial charge in [-0.15, -0.1) is 12.4 Å². The van der Waals surface area contributed by atoms with E-state index in [1.54, 1.807) is 0 Å². The van der Waals surface area contributed by atoms with Gasteiger partial charge in [-0.1, -0.05) is 96.8 Å². The zero-order valence-corrected chi connectivity index (χ0v) is 20.7. The number of halogens is 1. The van der Waals surface area contributed by atoms with Crippen molar-refractivity contribution in [2.75, 3.05) is 27.7 Å². The average molecular weight is 373 g/mol. The van der Waals surface area contributed by atoms with Crippen LogP contribution >= 0.6 is 12.4 Å². The Hall–Kier alpha value is 1.25. The summed E-state index contributed by atoms with van der Waals surface area (Å²) < 4.78 is 1.12. The molecule has 0 N–H and O–H groups in total. The van der Waals surface area contributed by atoms with Crippen molar-refractivity contribution < 1.29 is 35.5 Å². The van der Waals surface area contributed by atoms with Crippen LogP contribution < -0.4 is 29.6 Å². The Kier molecular flexibility index (Phi) is 27.9. The minimum absolute atomic E-state index is 0. The molecule has 0 aromatic heterocycles. The Balaban J connectivity index is -0.000000735. The van der Waals surface area contributed by atoms with Crippen LogP contribution in [-0.2, 0) is 0 Å². The van der Waals surface area contributed by atoms with Crippen LogP contribution in [0.1, 0.15) is 111 Å². The Morgan fingerprint density at radius 2 is 0.750 bits per heavy atom. The van der Waals surface area contributed by atoms with Crippen LogP contribution in [0.25, 0.3) is 0 Å². The second-order valence-corrected chi connectivity index (χ2v) is 8.32. The smallest absolute Gasteiger partial charge is 1.00 e. The van der Waals surface area contributed by atoms with Crippen molar-refractivity contribution in [1.82, 2.24) is 0 Å². The molecule has 0 fully saturated rings. The molecule has 0 rings (SSSR count). The van der Waals surface area contributed by atoms with Crippen LogP contribution in [0.15, 0.2) is 0 Å². The standard InChI is InChI=1S/C21H46N.ClH.Na.H/c1-5-6-7-8-9-10-11-12-13-14-15-16-17-18-19-20-21-22(2,3)4;;;/h5-21H2,1-4H3;1H;;/q+1;;+1;-1. The molecule has 0 bridgehead atoms. The zero-order valence-electron chi connectivity index (χ0n) is 18.9. The fourth-order valence-corrected chi connectivity index (χ4v) is 3.13. The summed E-state index contributed by atoms with van der Waals surface area (Å²) in [7, 11) is 6.89. The predicted octanol–water partition coefficient (Wildman–Crippen LogP) is 4.49. The molecule has 0 aromatic rings. The molecule has 3 heteroatoms.